The molecule has 26 heavy (non-hydrogen) atoms. The first kappa shape index (κ1) is 20.6. The van der Waals surface area contributed by atoms with Crippen LogP contribution in [0.2, 0.25) is 5.02 Å². The second-order valence-electron chi connectivity index (χ2n) is 5.76. The zero-order chi connectivity index (χ0) is 18.9. The van der Waals surface area contributed by atoms with Crippen molar-refractivity contribution in [2.75, 3.05) is 39.4 Å². The van der Waals surface area contributed by atoms with E-state index in [1.165, 1.54) is 6.08 Å². The van der Waals surface area contributed by atoms with Gasteiger partial charge in [0.1, 0.15) is 12.4 Å². The van der Waals surface area contributed by atoms with Crippen LogP contribution in [0.4, 0.5) is 4.79 Å². The van der Waals surface area contributed by atoms with Gasteiger partial charge in [0.2, 0.25) is 5.91 Å². The first-order chi connectivity index (χ1) is 12.5. The molecule has 0 aromatic heterocycles. The van der Waals surface area contributed by atoms with Crippen LogP contribution in [0.25, 0.3) is 0 Å². The van der Waals surface area contributed by atoms with Crippen LogP contribution in [0.1, 0.15) is 12.8 Å². The van der Waals surface area contributed by atoms with Gasteiger partial charge in [0, 0.05) is 37.1 Å². The van der Waals surface area contributed by atoms with Crippen LogP contribution >= 0.6 is 27.5 Å². The number of piperazine rings is 1. The van der Waals surface area contributed by atoms with E-state index in [4.69, 9.17) is 21.1 Å². The molecule has 1 saturated heterocycles. The zero-order valence-corrected chi connectivity index (χ0v) is 16.8. The Labute approximate surface area is 166 Å². The smallest absolute Gasteiger partial charge is 0.410 e. The number of carbonyl (C=O) groups excluding carboxylic acids is 2. The van der Waals surface area contributed by atoms with Gasteiger partial charge in [-0.15, -0.1) is 0 Å². The maximum Gasteiger partial charge on any atom is 0.410 e. The zero-order valence-electron chi connectivity index (χ0n) is 14.5. The minimum Gasteiger partial charge on any atom is -0.492 e. The molecular weight excluding hydrogens is 424 g/mol. The molecule has 8 heteroatoms. The van der Waals surface area contributed by atoms with Crippen molar-refractivity contribution in [3.63, 3.8) is 0 Å². The summed E-state index contributed by atoms with van der Waals surface area (Å²) < 4.78 is 11.5. The molecule has 0 N–H and O–H groups in total. The monoisotopic (exact) mass is 444 g/mol. The third-order valence-corrected chi connectivity index (χ3v) is 4.69. The molecule has 0 spiro atoms. The number of benzene rings is 1. The summed E-state index contributed by atoms with van der Waals surface area (Å²) in [5.74, 6) is 0.670. The molecule has 1 aromatic carbocycles. The fraction of sp³-hybridized carbons (Fsp3) is 0.444. The molecular formula is C18H22BrClN2O4. The number of carbonyl (C=O) groups is 2. The highest BCUT2D eigenvalue weighted by atomic mass is 79.9. The Balaban J connectivity index is 1.66. The van der Waals surface area contributed by atoms with Gasteiger partial charge in [-0.3, -0.25) is 4.79 Å². The largest absolute Gasteiger partial charge is 0.492 e. The van der Waals surface area contributed by atoms with Crippen LogP contribution in [-0.2, 0) is 9.53 Å². The number of halogens is 2. The number of rotatable bonds is 7. The minimum atomic E-state index is -0.364. The van der Waals surface area contributed by atoms with Crippen molar-refractivity contribution < 1.29 is 19.1 Å². The van der Waals surface area contributed by atoms with Crippen LogP contribution in [0, 0.1) is 0 Å². The summed E-state index contributed by atoms with van der Waals surface area (Å²) in [7, 11) is 0. The van der Waals surface area contributed by atoms with Gasteiger partial charge in [-0.05, 0) is 24.6 Å². The Morgan fingerprint density at radius 1 is 1.23 bits per heavy atom. The SMILES string of the molecule is C=CCOC(=O)N1CCN(C(=O)CCCOc2ccc(Br)cc2Cl)CC1. The molecule has 1 aliphatic heterocycles. The summed E-state index contributed by atoms with van der Waals surface area (Å²) in [5.41, 5.74) is 0. The lowest BCUT2D eigenvalue weighted by atomic mass is 10.2. The van der Waals surface area contributed by atoms with Crippen molar-refractivity contribution in [1.82, 2.24) is 9.80 Å². The van der Waals surface area contributed by atoms with E-state index in [-0.39, 0.29) is 18.6 Å². The Kier molecular flexibility index (Phi) is 8.25. The van der Waals surface area contributed by atoms with Gasteiger partial charge in [-0.2, -0.15) is 0 Å². The average Bonchev–Trinajstić information content (AvgIpc) is 2.64. The van der Waals surface area contributed by atoms with Gasteiger partial charge in [0.05, 0.1) is 11.6 Å². The van der Waals surface area contributed by atoms with E-state index < -0.39 is 0 Å². The van der Waals surface area contributed by atoms with Gasteiger partial charge in [-0.25, -0.2) is 4.79 Å². The average molecular weight is 446 g/mol. The number of hydrogen-bond donors (Lipinski definition) is 0. The Morgan fingerprint density at radius 3 is 2.58 bits per heavy atom. The third kappa shape index (κ3) is 6.21. The van der Waals surface area contributed by atoms with E-state index in [2.05, 4.69) is 22.5 Å². The maximum absolute atomic E-state index is 12.3. The first-order valence-corrected chi connectivity index (χ1v) is 9.56. The molecule has 0 aliphatic carbocycles. The van der Waals surface area contributed by atoms with E-state index in [1.807, 2.05) is 6.07 Å². The topological polar surface area (TPSA) is 59.1 Å². The highest BCUT2D eigenvalue weighted by Gasteiger charge is 2.24. The van der Waals surface area contributed by atoms with E-state index in [0.29, 0.717) is 56.4 Å². The molecule has 0 bridgehead atoms. The van der Waals surface area contributed by atoms with E-state index in [1.54, 1.807) is 21.9 Å². The number of ether oxygens (including phenoxy) is 2. The lowest BCUT2D eigenvalue weighted by Gasteiger charge is -2.34. The molecule has 2 rings (SSSR count). The minimum absolute atomic E-state index is 0.0645. The molecule has 142 valence electrons. The summed E-state index contributed by atoms with van der Waals surface area (Å²) in [4.78, 5) is 27.4. The van der Waals surface area contributed by atoms with Gasteiger partial charge in [0.25, 0.3) is 0 Å². The van der Waals surface area contributed by atoms with E-state index >= 15 is 0 Å². The molecule has 0 radical (unpaired) electrons. The summed E-state index contributed by atoms with van der Waals surface area (Å²) in [5, 5.41) is 0.533. The molecule has 1 fully saturated rings. The predicted octanol–water partition coefficient (Wildman–Crippen LogP) is 3.73. The molecule has 0 unspecified atom stereocenters. The highest BCUT2D eigenvalue weighted by Crippen LogP contribution is 2.27. The van der Waals surface area contributed by atoms with Crippen molar-refractivity contribution >= 4 is 39.5 Å². The molecule has 1 heterocycles. The van der Waals surface area contributed by atoms with Gasteiger partial charge in [-0.1, -0.05) is 40.2 Å². The molecule has 6 nitrogen and oxygen atoms in total. The first-order valence-electron chi connectivity index (χ1n) is 8.39. The lowest BCUT2D eigenvalue weighted by molar-refractivity contribution is -0.133. The summed E-state index contributed by atoms with van der Waals surface area (Å²) >= 11 is 9.43. The van der Waals surface area contributed by atoms with Gasteiger partial charge >= 0.3 is 6.09 Å². The van der Waals surface area contributed by atoms with E-state index in [0.717, 1.165) is 4.47 Å². The highest BCUT2D eigenvalue weighted by molar-refractivity contribution is 9.10. The van der Waals surface area contributed by atoms with Crippen molar-refractivity contribution in [2.45, 2.75) is 12.8 Å². The van der Waals surface area contributed by atoms with Crippen LogP contribution in [0.5, 0.6) is 5.75 Å². The fourth-order valence-corrected chi connectivity index (χ4v) is 3.24. The van der Waals surface area contributed by atoms with Gasteiger partial charge < -0.3 is 19.3 Å². The molecule has 2 amide bonds. The van der Waals surface area contributed by atoms with Crippen LogP contribution in [0.3, 0.4) is 0 Å². The molecule has 0 atom stereocenters. The fourth-order valence-electron chi connectivity index (χ4n) is 2.52. The number of nitrogens with zero attached hydrogens (tertiary/aromatic N) is 2. The van der Waals surface area contributed by atoms with Crippen molar-refractivity contribution in [2.24, 2.45) is 0 Å². The summed E-state index contributed by atoms with van der Waals surface area (Å²) in [6, 6.07) is 5.41. The standard InChI is InChI=1S/C18H22BrClN2O4/c1-2-11-26-18(24)22-9-7-21(8-10-22)17(23)4-3-12-25-16-6-5-14(19)13-15(16)20/h2,5-6,13H,1,3-4,7-12H2. The Bertz CT molecular complexity index is 648. The quantitative estimate of drug-likeness (QED) is 0.474. The second kappa shape index (κ2) is 10.4. The van der Waals surface area contributed by atoms with Crippen molar-refractivity contribution in [1.29, 1.82) is 0 Å². The normalized spacial score (nSPS) is 14.1. The van der Waals surface area contributed by atoms with E-state index in [9.17, 15) is 9.59 Å². The van der Waals surface area contributed by atoms with Crippen LogP contribution < -0.4 is 4.74 Å². The Morgan fingerprint density at radius 2 is 1.92 bits per heavy atom. The maximum atomic E-state index is 12.3. The second-order valence-corrected chi connectivity index (χ2v) is 7.08. The molecule has 1 aromatic rings. The number of hydrogen-bond acceptors (Lipinski definition) is 4. The summed E-state index contributed by atoms with van der Waals surface area (Å²) in [6.45, 7) is 6.11. The molecule has 1 aliphatic rings. The van der Waals surface area contributed by atoms with Crippen LogP contribution in [-0.4, -0.2) is 61.2 Å². The van der Waals surface area contributed by atoms with Crippen molar-refractivity contribution in [3.8, 4) is 5.75 Å². The van der Waals surface area contributed by atoms with Crippen LogP contribution in [0.15, 0.2) is 35.3 Å². The molecule has 0 saturated carbocycles. The van der Waals surface area contributed by atoms with Gasteiger partial charge in [0.15, 0.2) is 0 Å². The lowest BCUT2D eigenvalue weighted by Crippen LogP contribution is -2.50. The Hall–Kier alpha value is -1.73. The number of amides is 2. The predicted molar refractivity (Wildman–Crippen MR) is 104 cm³/mol. The van der Waals surface area contributed by atoms with Crippen molar-refractivity contribution in [3.05, 3.63) is 40.3 Å². The summed E-state index contributed by atoms with van der Waals surface area (Å²) in [6.07, 6.45) is 2.17. The third-order valence-electron chi connectivity index (χ3n) is 3.90.